The zero-order valence-corrected chi connectivity index (χ0v) is 11.9. The van der Waals surface area contributed by atoms with E-state index in [0.29, 0.717) is 12.2 Å². The number of hydrogen-bond donors (Lipinski definition) is 0. The average molecular weight is 239 g/mol. The standard InChI is InChI=1S/C15H29NO/c1-4-15(17)10-7-11-16(12-13(2)3)14-8-5-6-9-14/h13-14H,4-12H2,1-3H3. The van der Waals surface area contributed by atoms with E-state index in [4.69, 9.17) is 0 Å². The number of carbonyl (C=O) groups is 1. The molecule has 0 heterocycles. The van der Waals surface area contributed by atoms with Crippen LogP contribution in [0.25, 0.3) is 0 Å². The van der Waals surface area contributed by atoms with Crippen LogP contribution in [0.2, 0.25) is 0 Å². The molecule has 0 aromatic carbocycles. The Kier molecular flexibility index (Phi) is 6.79. The fraction of sp³-hybridized carbons (Fsp3) is 0.933. The largest absolute Gasteiger partial charge is 0.300 e. The first-order chi connectivity index (χ1) is 8.13. The Labute approximate surface area is 107 Å². The average Bonchev–Trinajstić information content (AvgIpc) is 2.80. The van der Waals surface area contributed by atoms with Crippen LogP contribution < -0.4 is 0 Å². The molecular weight excluding hydrogens is 210 g/mol. The minimum atomic E-state index is 0.418. The fourth-order valence-corrected chi connectivity index (χ4v) is 2.82. The lowest BCUT2D eigenvalue weighted by Crippen LogP contribution is -2.37. The summed E-state index contributed by atoms with van der Waals surface area (Å²) in [4.78, 5) is 14.0. The van der Waals surface area contributed by atoms with Crippen molar-refractivity contribution >= 4 is 5.78 Å². The summed E-state index contributed by atoms with van der Waals surface area (Å²) in [6, 6.07) is 0.800. The molecule has 17 heavy (non-hydrogen) atoms. The van der Waals surface area contributed by atoms with Crippen molar-refractivity contribution in [1.29, 1.82) is 0 Å². The summed E-state index contributed by atoms with van der Waals surface area (Å²) < 4.78 is 0. The quantitative estimate of drug-likeness (QED) is 0.644. The van der Waals surface area contributed by atoms with Gasteiger partial charge in [0, 0.05) is 25.4 Å². The van der Waals surface area contributed by atoms with E-state index in [1.807, 2.05) is 6.92 Å². The normalized spacial score (nSPS) is 17.2. The van der Waals surface area contributed by atoms with E-state index in [1.165, 1.54) is 32.2 Å². The van der Waals surface area contributed by atoms with Gasteiger partial charge in [-0.15, -0.1) is 0 Å². The Morgan fingerprint density at radius 3 is 2.47 bits per heavy atom. The molecule has 0 aromatic heterocycles. The summed E-state index contributed by atoms with van der Waals surface area (Å²) in [6.45, 7) is 8.86. The van der Waals surface area contributed by atoms with Gasteiger partial charge in [-0.25, -0.2) is 0 Å². The van der Waals surface area contributed by atoms with Gasteiger partial charge in [0.15, 0.2) is 0 Å². The number of hydrogen-bond acceptors (Lipinski definition) is 2. The molecule has 1 aliphatic rings. The second-order valence-electron chi connectivity index (χ2n) is 5.82. The molecule has 0 saturated heterocycles. The van der Waals surface area contributed by atoms with Crippen LogP contribution >= 0.6 is 0 Å². The summed E-state index contributed by atoms with van der Waals surface area (Å²) in [5.41, 5.74) is 0. The van der Waals surface area contributed by atoms with Crippen LogP contribution in [0.5, 0.6) is 0 Å². The molecule has 0 atom stereocenters. The molecule has 0 N–H and O–H groups in total. The monoisotopic (exact) mass is 239 g/mol. The Hall–Kier alpha value is -0.370. The van der Waals surface area contributed by atoms with E-state index in [1.54, 1.807) is 0 Å². The lowest BCUT2D eigenvalue weighted by molar-refractivity contribution is -0.118. The third-order valence-electron chi connectivity index (χ3n) is 3.74. The van der Waals surface area contributed by atoms with Crippen molar-refractivity contribution in [3.05, 3.63) is 0 Å². The number of Topliss-reactive ketones (excluding diaryl/α,β-unsaturated/α-hetero) is 1. The van der Waals surface area contributed by atoms with Crippen molar-refractivity contribution in [3.8, 4) is 0 Å². The Morgan fingerprint density at radius 1 is 1.29 bits per heavy atom. The maximum atomic E-state index is 11.3. The van der Waals surface area contributed by atoms with E-state index in [2.05, 4.69) is 18.7 Å². The number of nitrogens with zero attached hydrogens (tertiary/aromatic N) is 1. The Morgan fingerprint density at radius 2 is 1.94 bits per heavy atom. The summed E-state index contributed by atoms with van der Waals surface area (Å²) in [7, 11) is 0. The maximum Gasteiger partial charge on any atom is 0.132 e. The van der Waals surface area contributed by atoms with Gasteiger partial charge in [0.2, 0.25) is 0 Å². The second-order valence-corrected chi connectivity index (χ2v) is 5.82. The predicted molar refractivity (Wildman–Crippen MR) is 73.2 cm³/mol. The smallest absolute Gasteiger partial charge is 0.132 e. The van der Waals surface area contributed by atoms with E-state index in [-0.39, 0.29) is 0 Å². The first kappa shape index (κ1) is 14.7. The molecule has 100 valence electrons. The van der Waals surface area contributed by atoms with Crippen molar-refractivity contribution in [3.63, 3.8) is 0 Å². The summed E-state index contributed by atoms with van der Waals surface area (Å²) >= 11 is 0. The molecule has 2 nitrogen and oxygen atoms in total. The molecule has 2 heteroatoms. The minimum absolute atomic E-state index is 0.418. The molecule has 1 saturated carbocycles. The van der Waals surface area contributed by atoms with E-state index in [9.17, 15) is 4.79 Å². The molecule has 0 unspecified atom stereocenters. The van der Waals surface area contributed by atoms with Gasteiger partial charge < -0.3 is 4.90 Å². The zero-order chi connectivity index (χ0) is 12.7. The van der Waals surface area contributed by atoms with Crippen molar-refractivity contribution < 1.29 is 4.79 Å². The predicted octanol–water partition coefficient (Wildman–Crippen LogP) is 3.65. The van der Waals surface area contributed by atoms with Crippen molar-refractivity contribution in [2.75, 3.05) is 13.1 Å². The first-order valence-corrected chi connectivity index (χ1v) is 7.39. The summed E-state index contributed by atoms with van der Waals surface area (Å²) in [5.74, 6) is 1.15. The van der Waals surface area contributed by atoms with Gasteiger partial charge >= 0.3 is 0 Å². The number of rotatable bonds is 8. The van der Waals surface area contributed by atoms with Gasteiger partial charge in [-0.1, -0.05) is 33.6 Å². The van der Waals surface area contributed by atoms with E-state index in [0.717, 1.165) is 31.3 Å². The van der Waals surface area contributed by atoms with Crippen LogP contribution in [0, 0.1) is 5.92 Å². The highest BCUT2D eigenvalue weighted by molar-refractivity contribution is 5.77. The topological polar surface area (TPSA) is 20.3 Å². The maximum absolute atomic E-state index is 11.3. The summed E-state index contributed by atoms with van der Waals surface area (Å²) in [5, 5.41) is 0. The van der Waals surface area contributed by atoms with Gasteiger partial charge in [0.05, 0.1) is 0 Å². The van der Waals surface area contributed by atoms with Crippen LogP contribution in [0.1, 0.15) is 65.7 Å². The van der Waals surface area contributed by atoms with Gasteiger partial charge in [0.1, 0.15) is 5.78 Å². The third kappa shape index (κ3) is 5.67. The van der Waals surface area contributed by atoms with Crippen molar-refractivity contribution in [2.24, 2.45) is 5.92 Å². The van der Waals surface area contributed by atoms with Crippen LogP contribution in [0.4, 0.5) is 0 Å². The van der Waals surface area contributed by atoms with E-state index < -0.39 is 0 Å². The SMILES string of the molecule is CCC(=O)CCCN(CC(C)C)C1CCCC1. The minimum Gasteiger partial charge on any atom is -0.300 e. The molecule has 0 radical (unpaired) electrons. The molecule has 0 bridgehead atoms. The molecule has 1 fully saturated rings. The van der Waals surface area contributed by atoms with Crippen molar-refractivity contribution in [1.82, 2.24) is 4.90 Å². The molecule has 0 amide bonds. The van der Waals surface area contributed by atoms with Gasteiger partial charge in [-0.3, -0.25) is 4.79 Å². The molecule has 0 aromatic rings. The van der Waals surface area contributed by atoms with E-state index >= 15 is 0 Å². The first-order valence-electron chi connectivity index (χ1n) is 7.39. The molecule has 0 aliphatic heterocycles. The highest BCUT2D eigenvalue weighted by Gasteiger charge is 2.22. The van der Waals surface area contributed by atoms with Gasteiger partial charge in [-0.2, -0.15) is 0 Å². The van der Waals surface area contributed by atoms with Gasteiger partial charge in [-0.05, 0) is 31.7 Å². The van der Waals surface area contributed by atoms with Crippen LogP contribution in [-0.2, 0) is 4.79 Å². The number of carbonyl (C=O) groups excluding carboxylic acids is 1. The Bertz CT molecular complexity index is 219. The number of ketones is 1. The lowest BCUT2D eigenvalue weighted by atomic mass is 10.1. The molecule has 1 aliphatic carbocycles. The van der Waals surface area contributed by atoms with Crippen LogP contribution in [0.15, 0.2) is 0 Å². The van der Waals surface area contributed by atoms with Crippen LogP contribution in [0.3, 0.4) is 0 Å². The highest BCUT2D eigenvalue weighted by atomic mass is 16.1. The molecule has 1 rings (SSSR count). The highest BCUT2D eigenvalue weighted by Crippen LogP contribution is 2.24. The zero-order valence-electron chi connectivity index (χ0n) is 11.9. The fourth-order valence-electron chi connectivity index (χ4n) is 2.82. The molecular formula is C15H29NO. The Balaban J connectivity index is 2.32. The third-order valence-corrected chi connectivity index (χ3v) is 3.74. The van der Waals surface area contributed by atoms with Gasteiger partial charge in [0.25, 0.3) is 0 Å². The van der Waals surface area contributed by atoms with Crippen molar-refractivity contribution in [2.45, 2.75) is 71.8 Å². The molecule has 0 spiro atoms. The lowest BCUT2D eigenvalue weighted by Gasteiger charge is -2.30. The summed E-state index contributed by atoms with van der Waals surface area (Å²) in [6.07, 6.45) is 8.06. The van der Waals surface area contributed by atoms with Crippen LogP contribution in [-0.4, -0.2) is 29.8 Å². The second kappa shape index (κ2) is 7.86.